The van der Waals surface area contributed by atoms with Gasteiger partial charge in [0.05, 0.1) is 11.7 Å². The first-order valence-corrected chi connectivity index (χ1v) is 11.8. The maximum Gasteiger partial charge on any atom is 0.250 e. The van der Waals surface area contributed by atoms with Gasteiger partial charge in [-0.3, -0.25) is 0 Å². The van der Waals surface area contributed by atoms with E-state index in [-0.39, 0.29) is 11.9 Å². The molecule has 0 amide bonds. The summed E-state index contributed by atoms with van der Waals surface area (Å²) in [5, 5.41) is 3.10. The zero-order chi connectivity index (χ0) is 25.8. The first-order valence-electron chi connectivity index (χ1n) is 11.8. The Bertz CT molecular complexity index is 1140. The molecule has 2 aromatic rings. The highest BCUT2D eigenvalue weighted by atomic mass is 19.1. The van der Waals surface area contributed by atoms with Gasteiger partial charge in [0.1, 0.15) is 5.82 Å². The number of aryl methyl sites for hydroxylation is 1. The van der Waals surface area contributed by atoms with Crippen molar-refractivity contribution >= 4 is 17.2 Å². The van der Waals surface area contributed by atoms with Crippen LogP contribution in [0.15, 0.2) is 91.0 Å². The average Bonchev–Trinajstić information content (AvgIpc) is 2.84. The molecule has 0 bridgehead atoms. The minimum Gasteiger partial charge on any atom is -0.373 e. The Hall–Kier alpha value is -3.80. The van der Waals surface area contributed by atoms with Crippen LogP contribution in [-0.2, 0) is 0 Å². The number of rotatable bonds is 12. The van der Waals surface area contributed by atoms with Crippen LogP contribution in [0.4, 0.5) is 10.3 Å². The van der Waals surface area contributed by atoms with Crippen molar-refractivity contribution in [2.45, 2.75) is 46.6 Å². The Morgan fingerprint density at radius 2 is 2.03 bits per heavy atom. The molecule has 0 aliphatic rings. The van der Waals surface area contributed by atoms with Crippen LogP contribution >= 0.6 is 0 Å². The lowest BCUT2D eigenvalue weighted by atomic mass is 10.0. The first-order chi connectivity index (χ1) is 16.8. The van der Waals surface area contributed by atoms with E-state index < -0.39 is 0 Å². The van der Waals surface area contributed by atoms with E-state index in [4.69, 9.17) is 0 Å². The smallest absolute Gasteiger partial charge is 0.250 e. The molecular weight excluding hydrogens is 437 g/mol. The van der Waals surface area contributed by atoms with E-state index in [2.05, 4.69) is 45.3 Å². The van der Waals surface area contributed by atoms with Crippen LogP contribution < -0.4 is 5.32 Å². The van der Waals surface area contributed by atoms with Crippen LogP contribution in [0.2, 0.25) is 0 Å². The van der Waals surface area contributed by atoms with Gasteiger partial charge in [-0.25, -0.2) is 19.4 Å². The third kappa shape index (κ3) is 8.49. The molecule has 5 nitrogen and oxygen atoms in total. The molecule has 1 aromatic heterocycles. The van der Waals surface area contributed by atoms with E-state index in [1.807, 2.05) is 63.5 Å². The van der Waals surface area contributed by atoms with Gasteiger partial charge in [-0.2, -0.15) is 0 Å². The number of halogens is 1. The van der Waals surface area contributed by atoms with Gasteiger partial charge in [0, 0.05) is 36.4 Å². The van der Waals surface area contributed by atoms with Crippen LogP contribution in [0.3, 0.4) is 0 Å². The van der Waals surface area contributed by atoms with E-state index in [0.717, 1.165) is 41.1 Å². The molecule has 0 saturated carbocycles. The van der Waals surface area contributed by atoms with Crippen molar-refractivity contribution in [3.8, 4) is 0 Å². The van der Waals surface area contributed by atoms with Gasteiger partial charge >= 0.3 is 0 Å². The van der Waals surface area contributed by atoms with E-state index >= 15 is 0 Å². The summed E-state index contributed by atoms with van der Waals surface area (Å²) in [7, 11) is 1.99. The second-order valence-corrected chi connectivity index (χ2v) is 8.20. The lowest BCUT2D eigenvalue weighted by Crippen LogP contribution is -2.18. The van der Waals surface area contributed by atoms with E-state index in [0.29, 0.717) is 11.5 Å². The molecule has 2 rings (SSSR count). The molecule has 1 heterocycles. The summed E-state index contributed by atoms with van der Waals surface area (Å²) in [4.78, 5) is 15.5. The molecule has 0 aliphatic carbocycles. The molecule has 0 saturated heterocycles. The van der Waals surface area contributed by atoms with Crippen LogP contribution in [-0.4, -0.2) is 27.6 Å². The number of nitrogens with zero attached hydrogens (tertiary/aromatic N) is 4. The molecule has 1 aromatic carbocycles. The summed E-state index contributed by atoms with van der Waals surface area (Å²) in [5.41, 5.74) is 4.88. The van der Waals surface area contributed by atoms with Crippen molar-refractivity contribution in [1.29, 1.82) is 0 Å². The Balaban J connectivity index is 2.23. The molecule has 184 valence electrons. The molecule has 1 atom stereocenters. The van der Waals surface area contributed by atoms with Crippen molar-refractivity contribution in [3.63, 3.8) is 0 Å². The highest BCUT2D eigenvalue weighted by molar-refractivity contribution is 5.94. The van der Waals surface area contributed by atoms with Gasteiger partial charge in [-0.15, -0.1) is 0 Å². The fourth-order valence-corrected chi connectivity index (χ4v) is 3.37. The molecule has 35 heavy (non-hydrogen) atoms. The van der Waals surface area contributed by atoms with Gasteiger partial charge in [0.2, 0.25) is 5.95 Å². The minimum absolute atomic E-state index is 0.0451. The number of allylic oxidation sites excluding steroid dienone is 6. The lowest BCUT2D eigenvalue weighted by Gasteiger charge is -2.26. The molecule has 0 radical (unpaired) electrons. The molecule has 1 N–H and O–H groups in total. The highest BCUT2D eigenvalue weighted by Crippen LogP contribution is 2.26. The highest BCUT2D eigenvalue weighted by Gasteiger charge is 2.14. The third-order valence-corrected chi connectivity index (χ3v) is 5.50. The zero-order valence-corrected chi connectivity index (χ0v) is 21.4. The monoisotopic (exact) mass is 473 g/mol. The number of nitrogens with one attached hydrogen (secondary N) is 1. The predicted octanol–water partition coefficient (Wildman–Crippen LogP) is 7.21. The second-order valence-electron chi connectivity index (χ2n) is 8.20. The van der Waals surface area contributed by atoms with Gasteiger partial charge in [-0.05, 0) is 68.3 Å². The maximum absolute atomic E-state index is 14.1. The Kier molecular flexibility index (Phi) is 10.8. The molecular formula is C29H36FN5. The number of hydrogen-bond acceptors (Lipinski definition) is 5. The standard InChI is InChI=1S/C29H36FN5/c1-8-11-24(16-19-35(7)28(10-3)25-13-12-21(4)26(30)20-25)27-15-18-32-29(34-27)33-23(6)14-17-31-22(5)9-2/h8,11-20,28,31H,1,5,9-10H2,2-4,6-7H3/b17-14?,19-16-,24-11+,33-23?. The lowest BCUT2D eigenvalue weighted by molar-refractivity contribution is 0.327. The third-order valence-electron chi connectivity index (χ3n) is 5.50. The molecule has 0 aliphatic heterocycles. The SMILES string of the molecule is C=C/C=C(\C=C/N(C)C(CC)c1ccc(C)c(F)c1)c1ccnc(N=C(C)C=CNC(=C)CC)n1. The van der Waals surface area contributed by atoms with Crippen molar-refractivity contribution < 1.29 is 4.39 Å². The topological polar surface area (TPSA) is 53.4 Å². The maximum atomic E-state index is 14.1. The summed E-state index contributed by atoms with van der Waals surface area (Å²) in [5.74, 6) is 0.188. The van der Waals surface area contributed by atoms with E-state index in [1.165, 1.54) is 0 Å². The summed E-state index contributed by atoms with van der Waals surface area (Å²) >= 11 is 0. The van der Waals surface area contributed by atoms with E-state index in [1.54, 1.807) is 31.5 Å². The summed E-state index contributed by atoms with van der Waals surface area (Å²) < 4.78 is 14.1. The largest absolute Gasteiger partial charge is 0.373 e. The van der Waals surface area contributed by atoms with Gasteiger partial charge in [0.15, 0.2) is 0 Å². The van der Waals surface area contributed by atoms with Crippen molar-refractivity contribution in [2.75, 3.05) is 7.05 Å². The number of aromatic nitrogens is 2. The summed E-state index contributed by atoms with van der Waals surface area (Å²) in [6.45, 7) is 15.5. The Morgan fingerprint density at radius 1 is 1.26 bits per heavy atom. The fourth-order valence-electron chi connectivity index (χ4n) is 3.37. The molecule has 0 spiro atoms. The van der Waals surface area contributed by atoms with Gasteiger partial charge in [0.25, 0.3) is 0 Å². The normalized spacial score (nSPS) is 13.3. The van der Waals surface area contributed by atoms with E-state index in [9.17, 15) is 4.39 Å². The predicted molar refractivity (Wildman–Crippen MR) is 146 cm³/mol. The zero-order valence-electron chi connectivity index (χ0n) is 21.4. The molecule has 6 heteroatoms. The van der Waals surface area contributed by atoms with Crippen LogP contribution in [0.5, 0.6) is 0 Å². The number of aliphatic imine (C=N–C) groups is 1. The van der Waals surface area contributed by atoms with Crippen LogP contribution in [0, 0.1) is 12.7 Å². The van der Waals surface area contributed by atoms with Crippen molar-refractivity contribution in [3.05, 3.63) is 109 Å². The Morgan fingerprint density at radius 3 is 2.69 bits per heavy atom. The number of hydrogen-bond donors (Lipinski definition) is 1. The van der Waals surface area contributed by atoms with Crippen LogP contribution in [0.25, 0.3) is 5.57 Å². The summed E-state index contributed by atoms with van der Waals surface area (Å²) in [6.07, 6.45) is 14.6. The van der Waals surface area contributed by atoms with Crippen molar-refractivity contribution in [1.82, 2.24) is 20.2 Å². The molecule has 0 fully saturated rings. The second kappa shape index (κ2) is 13.8. The summed E-state index contributed by atoms with van der Waals surface area (Å²) in [6, 6.07) is 7.31. The van der Waals surface area contributed by atoms with Gasteiger partial charge < -0.3 is 10.2 Å². The van der Waals surface area contributed by atoms with Crippen LogP contribution in [0.1, 0.15) is 56.5 Å². The minimum atomic E-state index is -0.184. The van der Waals surface area contributed by atoms with Crippen molar-refractivity contribution in [2.24, 2.45) is 4.99 Å². The average molecular weight is 474 g/mol. The Labute approximate surface area is 209 Å². The fraction of sp³-hybridized carbons (Fsp3) is 0.276. The van der Waals surface area contributed by atoms with Gasteiger partial charge in [-0.1, -0.05) is 51.3 Å². The first kappa shape index (κ1) is 27.4. The molecule has 1 unspecified atom stereocenters. The quantitative estimate of drug-likeness (QED) is 0.261. The number of benzene rings is 1.